The molecule has 3 atom stereocenters. The highest BCUT2D eigenvalue weighted by atomic mass is 14.9. The molecule has 114 valence electrons. The van der Waals surface area contributed by atoms with Crippen LogP contribution in [0.5, 0.6) is 0 Å². The summed E-state index contributed by atoms with van der Waals surface area (Å²) in [5.41, 5.74) is 0. The predicted octanol–water partition coefficient (Wildman–Crippen LogP) is 5.25. The van der Waals surface area contributed by atoms with Gasteiger partial charge in [0.15, 0.2) is 0 Å². The van der Waals surface area contributed by atoms with Crippen molar-refractivity contribution in [1.82, 2.24) is 5.32 Å². The van der Waals surface area contributed by atoms with E-state index < -0.39 is 0 Å². The molecule has 0 bridgehead atoms. The SMILES string of the molecule is CCCCCC1CC(C(C)C)CCC1CNC(C)C. The summed E-state index contributed by atoms with van der Waals surface area (Å²) in [6.45, 7) is 12.9. The first-order chi connectivity index (χ1) is 9.04. The Morgan fingerprint density at radius 1 is 1.00 bits per heavy atom. The largest absolute Gasteiger partial charge is 0.314 e. The average Bonchev–Trinajstić information content (AvgIpc) is 2.37. The lowest BCUT2D eigenvalue weighted by molar-refractivity contribution is 0.134. The Kier molecular flexibility index (Phi) is 8.06. The number of hydrogen-bond donors (Lipinski definition) is 1. The molecule has 1 N–H and O–H groups in total. The van der Waals surface area contributed by atoms with Crippen molar-refractivity contribution in [2.24, 2.45) is 23.7 Å². The van der Waals surface area contributed by atoms with Crippen molar-refractivity contribution >= 4 is 0 Å². The Bertz CT molecular complexity index is 222. The highest BCUT2D eigenvalue weighted by Gasteiger charge is 2.31. The van der Waals surface area contributed by atoms with Crippen LogP contribution in [-0.4, -0.2) is 12.6 Å². The monoisotopic (exact) mass is 267 g/mol. The summed E-state index contributed by atoms with van der Waals surface area (Å²) in [5, 5.41) is 3.68. The topological polar surface area (TPSA) is 12.0 Å². The summed E-state index contributed by atoms with van der Waals surface area (Å²) in [7, 11) is 0. The molecule has 0 amide bonds. The molecule has 0 spiro atoms. The Morgan fingerprint density at radius 3 is 2.32 bits per heavy atom. The van der Waals surface area contributed by atoms with Crippen LogP contribution in [0.2, 0.25) is 0 Å². The fourth-order valence-electron chi connectivity index (χ4n) is 3.63. The van der Waals surface area contributed by atoms with Gasteiger partial charge in [0.05, 0.1) is 0 Å². The lowest BCUT2D eigenvalue weighted by Crippen LogP contribution is -2.36. The third-order valence-electron chi connectivity index (χ3n) is 5.09. The number of nitrogens with one attached hydrogen (secondary N) is 1. The lowest BCUT2D eigenvalue weighted by atomic mass is 9.69. The van der Waals surface area contributed by atoms with E-state index in [2.05, 4.69) is 39.9 Å². The van der Waals surface area contributed by atoms with E-state index in [4.69, 9.17) is 0 Å². The van der Waals surface area contributed by atoms with Crippen LogP contribution in [-0.2, 0) is 0 Å². The molecule has 1 fully saturated rings. The molecule has 1 aliphatic carbocycles. The maximum absolute atomic E-state index is 3.68. The van der Waals surface area contributed by atoms with E-state index in [0.29, 0.717) is 6.04 Å². The number of rotatable bonds is 8. The molecule has 0 aliphatic heterocycles. The lowest BCUT2D eigenvalue weighted by Gasteiger charge is -2.38. The fourth-order valence-corrected chi connectivity index (χ4v) is 3.63. The van der Waals surface area contributed by atoms with Gasteiger partial charge in [-0.2, -0.15) is 0 Å². The van der Waals surface area contributed by atoms with Crippen LogP contribution < -0.4 is 5.32 Å². The van der Waals surface area contributed by atoms with Gasteiger partial charge in [0.25, 0.3) is 0 Å². The number of hydrogen-bond acceptors (Lipinski definition) is 1. The van der Waals surface area contributed by atoms with Gasteiger partial charge in [-0.05, 0) is 49.5 Å². The number of unbranched alkanes of at least 4 members (excludes halogenated alkanes) is 2. The molecule has 0 aromatic carbocycles. The zero-order valence-corrected chi connectivity index (χ0v) is 14.0. The molecule has 0 aromatic rings. The molecule has 1 aliphatic rings. The van der Waals surface area contributed by atoms with Crippen LogP contribution in [0, 0.1) is 23.7 Å². The Hall–Kier alpha value is -0.0400. The van der Waals surface area contributed by atoms with E-state index in [0.717, 1.165) is 23.7 Å². The maximum atomic E-state index is 3.68. The minimum absolute atomic E-state index is 0.638. The maximum Gasteiger partial charge on any atom is 0.00104 e. The standard InChI is InChI=1S/C18H37N/c1-6-7-8-9-17-12-16(14(2)3)10-11-18(17)13-19-15(4)5/h14-19H,6-13H2,1-5H3. The van der Waals surface area contributed by atoms with Gasteiger partial charge in [-0.15, -0.1) is 0 Å². The molecule has 0 heterocycles. The van der Waals surface area contributed by atoms with Gasteiger partial charge >= 0.3 is 0 Å². The molecule has 0 saturated heterocycles. The quantitative estimate of drug-likeness (QED) is 0.592. The first-order valence-corrected chi connectivity index (χ1v) is 8.77. The van der Waals surface area contributed by atoms with Crippen molar-refractivity contribution in [3.63, 3.8) is 0 Å². The highest BCUT2D eigenvalue weighted by molar-refractivity contribution is 4.83. The Labute approximate surface area is 121 Å². The molecule has 1 heteroatoms. The summed E-state index contributed by atoms with van der Waals surface area (Å²) in [4.78, 5) is 0. The van der Waals surface area contributed by atoms with Crippen LogP contribution in [0.3, 0.4) is 0 Å². The molecule has 1 saturated carbocycles. The Morgan fingerprint density at radius 2 is 1.74 bits per heavy atom. The molecule has 19 heavy (non-hydrogen) atoms. The Balaban J connectivity index is 2.46. The first-order valence-electron chi connectivity index (χ1n) is 8.77. The van der Waals surface area contributed by atoms with Gasteiger partial charge in [-0.1, -0.05) is 60.3 Å². The normalized spacial score (nSPS) is 28.3. The van der Waals surface area contributed by atoms with Crippen molar-refractivity contribution in [2.75, 3.05) is 6.54 Å². The summed E-state index contributed by atoms with van der Waals surface area (Å²) < 4.78 is 0. The summed E-state index contributed by atoms with van der Waals surface area (Å²) in [6, 6.07) is 0.638. The van der Waals surface area contributed by atoms with Crippen LogP contribution in [0.4, 0.5) is 0 Å². The van der Waals surface area contributed by atoms with E-state index in [1.807, 2.05) is 0 Å². The van der Waals surface area contributed by atoms with Gasteiger partial charge in [0.2, 0.25) is 0 Å². The van der Waals surface area contributed by atoms with E-state index in [9.17, 15) is 0 Å². The smallest absolute Gasteiger partial charge is 0.00104 e. The zero-order valence-electron chi connectivity index (χ0n) is 14.0. The van der Waals surface area contributed by atoms with E-state index in [1.165, 1.54) is 51.5 Å². The second-order valence-electron chi connectivity index (χ2n) is 7.40. The van der Waals surface area contributed by atoms with Gasteiger partial charge in [0, 0.05) is 6.04 Å². The minimum Gasteiger partial charge on any atom is -0.314 e. The van der Waals surface area contributed by atoms with Crippen molar-refractivity contribution in [3.8, 4) is 0 Å². The fraction of sp³-hybridized carbons (Fsp3) is 1.00. The molecule has 0 aromatic heterocycles. The molecule has 1 rings (SSSR count). The molecular formula is C18H37N. The summed E-state index contributed by atoms with van der Waals surface area (Å²) in [6.07, 6.45) is 10.1. The second kappa shape index (κ2) is 9.00. The van der Waals surface area contributed by atoms with Gasteiger partial charge in [-0.3, -0.25) is 0 Å². The van der Waals surface area contributed by atoms with Crippen LogP contribution in [0.15, 0.2) is 0 Å². The van der Waals surface area contributed by atoms with E-state index in [-0.39, 0.29) is 0 Å². The third kappa shape index (κ3) is 6.29. The molecule has 0 radical (unpaired) electrons. The van der Waals surface area contributed by atoms with Crippen molar-refractivity contribution in [2.45, 2.75) is 85.6 Å². The van der Waals surface area contributed by atoms with Crippen LogP contribution in [0.25, 0.3) is 0 Å². The third-order valence-corrected chi connectivity index (χ3v) is 5.09. The molecular weight excluding hydrogens is 230 g/mol. The van der Waals surface area contributed by atoms with E-state index in [1.54, 1.807) is 0 Å². The van der Waals surface area contributed by atoms with Crippen molar-refractivity contribution in [1.29, 1.82) is 0 Å². The van der Waals surface area contributed by atoms with Crippen molar-refractivity contribution < 1.29 is 0 Å². The predicted molar refractivity (Wildman–Crippen MR) is 86.4 cm³/mol. The van der Waals surface area contributed by atoms with Crippen LogP contribution in [0.1, 0.15) is 79.6 Å². The van der Waals surface area contributed by atoms with Crippen LogP contribution >= 0.6 is 0 Å². The van der Waals surface area contributed by atoms with Gasteiger partial charge < -0.3 is 5.32 Å². The van der Waals surface area contributed by atoms with E-state index >= 15 is 0 Å². The minimum atomic E-state index is 0.638. The summed E-state index contributed by atoms with van der Waals surface area (Å²) >= 11 is 0. The average molecular weight is 268 g/mol. The molecule has 3 unspecified atom stereocenters. The van der Waals surface area contributed by atoms with Crippen molar-refractivity contribution in [3.05, 3.63) is 0 Å². The summed E-state index contributed by atoms with van der Waals surface area (Å²) in [5.74, 6) is 3.79. The van der Waals surface area contributed by atoms with Gasteiger partial charge in [0.1, 0.15) is 0 Å². The highest BCUT2D eigenvalue weighted by Crippen LogP contribution is 2.39. The second-order valence-corrected chi connectivity index (χ2v) is 7.40. The first kappa shape index (κ1) is 17.0. The molecule has 1 nitrogen and oxygen atoms in total. The zero-order chi connectivity index (χ0) is 14.3. The van der Waals surface area contributed by atoms with Gasteiger partial charge in [-0.25, -0.2) is 0 Å².